The number of carbonyl (C=O) groups is 1. The highest BCUT2D eigenvalue weighted by Crippen LogP contribution is 2.22. The van der Waals surface area contributed by atoms with Gasteiger partial charge in [-0.2, -0.15) is 0 Å². The van der Waals surface area contributed by atoms with Crippen molar-refractivity contribution in [3.05, 3.63) is 65.2 Å². The number of ether oxygens (including phenoxy) is 1. The topological polar surface area (TPSA) is 78.3 Å². The van der Waals surface area contributed by atoms with Gasteiger partial charge in [0.2, 0.25) is 5.91 Å². The molecular weight excluding hydrogens is 302 g/mol. The fourth-order valence-electron chi connectivity index (χ4n) is 2.13. The van der Waals surface area contributed by atoms with E-state index in [0.717, 1.165) is 23.3 Å². The van der Waals surface area contributed by atoms with E-state index >= 15 is 0 Å². The van der Waals surface area contributed by atoms with Crippen LogP contribution in [0.1, 0.15) is 11.1 Å². The second-order valence-electron chi connectivity index (χ2n) is 5.20. The zero-order valence-corrected chi connectivity index (χ0v) is 12.5. The summed E-state index contributed by atoms with van der Waals surface area (Å²) in [6.07, 6.45) is 0.453. The molecule has 1 atom stereocenters. The van der Waals surface area contributed by atoms with Crippen LogP contribution in [0.5, 0.6) is 5.75 Å². The number of halogens is 2. The zero-order valence-electron chi connectivity index (χ0n) is 12.5. The van der Waals surface area contributed by atoms with Crippen molar-refractivity contribution in [2.75, 3.05) is 6.54 Å². The molecule has 0 radical (unpaired) electrons. The van der Waals surface area contributed by atoms with Crippen molar-refractivity contribution in [2.45, 2.75) is 13.0 Å². The third kappa shape index (κ3) is 4.50. The number of amides is 1. The SMILES string of the molecule is NC[C@@H](Cc1ccc(COc2c(F)cccc2F)cc1)C(N)=O. The largest absolute Gasteiger partial charge is 0.483 e. The van der Waals surface area contributed by atoms with Crippen molar-refractivity contribution in [3.63, 3.8) is 0 Å². The highest BCUT2D eigenvalue weighted by atomic mass is 19.1. The first-order chi connectivity index (χ1) is 11.0. The van der Waals surface area contributed by atoms with Crippen molar-refractivity contribution in [2.24, 2.45) is 17.4 Å². The van der Waals surface area contributed by atoms with Gasteiger partial charge in [-0.1, -0.05) is 30.3 Å². The average molecular weight is 320 g/mol. The fourth-order valence-corrected chi connectivity index (χ4v) is 2.13. The minimum Gasteiger partial charge on any atom is -0.483 e. The van der Waals surface area contributed by atoms with E-state index in [9.17, 15) is 13.6 Å². The molecule has 0 aliphatic rings. The maximum Gasteiger partial charge on any atom is 0.222 e. The van der Waals surface area contributed by atoms with E-state index in [2.05, 4.69) is 0 Å². The van der Waals surface area contributed by atoms with Crippen LogP contribution in [0.4, 0.5) is 8.78 Å². The van der Waals surface area contributed by atoms with Gasteiger partial charge in [-0.15, -0.1) is 0 Å². The van der Waals surface area contributed by atoms with Crippen LogP contribution in [-0.4, -0.2) is 12.5 Å². The van der Waals surface area contributed by atoms with Gasteiger partial charge in [0.25, 0.3) is 0 Å². The van der Waals surface area contributed by atoms with Gasteiger partial charge in [0.15, 0.2) is 17.4 Å². The van der Waals surface area contributed by atoms with Crippen LogP contribution >= 0.6 is 0 Å². The molecule has 0 aromatic heterocycles. The van der Waals surface area contributed by atoms with Crippen molar-refractivity contribution in [1.82, 2.24) is 0 Å². The lowest BCUT2D eigenvalue weighted by Gasteiger charge is -2.12. The Balaban J connectivity index is 1.99. The van der Waals surface area contributed by atoms with Gasteiger partial charge in [-0.05, 0) is 29.7 Å². The number of benzene rings is 2. The van der Waals surface area contributed by atoms with Crippen molar-refractivity contribution >= 4 is 5.91 Å². The molecule has 6 heteroatoms. The van der Waals surface area contributed by atoms with Gasteiger partial charge in [-0.3, -0.25) is 4.79 Å². The Kier molecular flexibility index (Phi) is 5.65. The average Bonchev–Trinajstić information content (AvgIpc) is 2.53. The van der Waals surface area contributed by atoms with Gasteiger partial charge in [0.1, 0.15) is 6.61 Å². The van der Waals surface area contributed by atoms with Gasteiger partial charge in [0, 0.05) is 6.54 Å². The Morgan fingerprint density at radius 3 is 2.13 bits per heavy atom. The van der Waals surface area contributed by atoms with E-state index in [0.29, 0.717) is 6.42 Å². The number of primary amides is 1. The van der Waals surface area contributed by atoms with Crippen LogP contribution in [-0.2, 0) is 17.8 Å². The monoisotopic (exact) mass is 320 g/mol. The molecule has 122 valence electrons. The maximum atomic E-state index is 13.5. The van der Waals surface area contributed by atoms with E-state index in [1.165, 1.54) is 6.07 Å². The number of rotatable bonds is 7. The van der Waals surface area contributed by atoms with Crippen LogP contribution in [0.25, 0.3) is 0 Å². The van der Waals surface area contributed by atoms with Gasteiger partial charge >= 0.3 is 0 Å². The molecule has 0 bridgehead atoms. The van der Waals surface area contributed by atoms with Crippen LogP contribution in [0.2, 0.25) is 0 Å². The lowest BCUT2D eigenvalue weighted by atomic mass is 9.98. The molecule has 0 heterocycles. The van der Waals surface area contributed by atoms with Crippen molar-refractivity contribution in [1.29, 1.82) is 0 Å². The normalized spacial score (nSPS) is 12.0. The molecule has 1 amide bonds. The molecule has 0 fully saturated rings. The molecule has 0 unspecified atom stereocenters. The van der Waals surface area contributed by atoms with Crippen LogP contribution in [0.15, 0.2) is 42.5 Å². The zero-order chi connectivity index (χ0) is 16.8. The predicted molar refractivity (Wildman–Crippen MR) is 82.6 cm³/mol. The molecule has 0 aliphatic heterocycles. The molecule has 23 heavy (non-hydrogen) atoms. The molecule has 0 aliphatic carbocycles. The van der Waals surface area contributed by atoms with Gasteiger partial charge in [0.05, 0.1) is 5.92 Å². The number of nitrogens with two attached hydrogens (primary N) is 2. The van der Waals surface area contributed by atoms with Gasteiger partial charge in [-0.25, -0.2) is 8.78 Å². The number of hydrogen-bond acceptors (Lipinski definition) is 3. The molecule has 0 saturated carbocycles. The lowest BCUT2D eigenvalue weighted by molar-refractivity contribution is -0.121. The maximum absolute atomic E-state index is 13.5. The Bertz CT molecular complexity index is 655. The summed E-state index contributed by atoms with van der Waals surface area (Å²) in [5.74, 6) is -2.73. The number of para-hydroxylation sites is 1. The standard InChI is InChI=1S/C17H18F2N2O2/c18-14-2-1-3-15(19)16(14)23-10-12-6-4-11(5-7-12)8-13(9-20)17(21)22/h1-7,13H,8-10,20H2,(H2,21,22)/t13-/m1/s1. The summed E-state index contributed by atoms with van der Waals surface area (Å²) in [6.45, 7) is 0.223. The predicted octanol–water partition coefficient (Wildman–Crippen LogP) is 2.15. The molecule has 0 spiro atoms. The third-order valence-corrected chi connectivity index (χ3v) is 3.49. The van der Waals surface area contributed by atoms with Crippen molar-refractivity contribution < 1.29 is 18.3 Å². The first-order valence-electron chi connectivity index (χ1n) is 7.15. The van der Waals surface area contributed by atoms with E-state index in [-0.39, 0.29) is 13.2 Å². The number of carbonyl (C=O) groups excluding carboxylic acids is 1. The molecule has 4 N–H and O–H groups in total. The highest BCUT2D eigenvalue weighted by molar-refractivity contribution is 5.77. The molecule has 2 rings (SSSR count). The first kappa shape index (κ1) is 16.9. The Hall–Kier alpha value is -2.47. The quantitative estimate of drug-likeness (QED) is 0.820. The first-order valence-corrected chi connectivity index (χ1v) is 7.15. The minimum atomic E-state index is -0.742. The summed E-state index contributed by atoms with van der Waals surface area (Å²) in [7, 11) is 0. The highest BCUT2D eigenvalue weighted by Gasteiger charge is 2.14. The Morgan fingerprint density at radius 2 is 1.61 bits per heavy atom. The van der Waals surface area contributed by atoms with Crippen LogP contribution in [0, 0.1) is 17.6 Å². The van der Waals surface area contributed by atoms with E-state index in [1.807, 2.05) is 12.1 Å². The Morgan fingerprint density at radius 1 is 1.04 bits per heavy atom. The summed E-state index contributed by atoms with van der Waals surface area (Å²) >= 11 is 0. The molecule has 2 aromatic carbocycles. The summed E-state index contributed by atoms with van der Waals surface area (Å²) < 4.78 is 32.1. The molecule has 2 aromatic rings. The van der Waals surface area contributed by atoms with Crippen LogP contribution in [0.3, 0.4) is 0 Å². The Labute approximate surface area is 133 Å². The van der Waals surface area contributed by atoms with Crippen molar-refractivity contribution in [3.8, 4) is 5.75 Å². The molecular formula is C17H18F2N2O2. The van der Waals surface area contributed by atoms with Crippen LogP contribution < -0.4 is 16.2 Å². The molecule has 0 saturated heterocycles. The molecule has 4 nitrogen and oxygen atoms in total. The summed E-state index contributed by atoms with van der Waals surface area (Å²) in [6, 6.07) is 10.7. The van der Waals surface area contributed by atoms with E-state index < -0.39 is 29.2 Å². The summed E-state index contributed by atoms with van der Waals surface area (Å²) in [4.78, 5) is 11.2. The lowest BCUT2D eigenvalue weighted by Crippen LogP contribution is -2.31. The number of hydrogen-bond donors (Lipinski definition) is 2. The third-order valence-electron chi connectivity index (χ3n) is 3.49. The second kappa shape index (κ2) is 7.69. The minimum absolute atomic E-state index is 0.0360. The smallest absolute Gasteiger partial charge is 0.222 e. The van der Waals surface area contributed by atoms with E-state index in [1.54, 1.807) is 12.1 Å². The summed E-state index contributed by atoms with van der Waals surface area (Å²) in [5, 5.41) is 0. The fraction of sp³-hybridized carbons (Fsp3) is 0.235. The van der Waals surface area contributed by atoms with E-state index in [4.69, 9.17) is 16.2 Å². The second-order valence-corrected chi connectivity index (χ2v) is 5.20. The van der Waals surface area contributed by atoms with Gasteiger partial charge < -0.3 is 16.2 Å². The summed E-state index contributed by atoms with van der Waals surface area (Å²) in [5.41, 5.74) is 12.4.